The van der Waals surface area contributed by atoms with Gasteiger partial charge in [-0.2, -0.15) is 0 Å². The van der Waals surface area contributed by atoms with Crippen LogP contribution >= 0.6 is 0 Å². The first-order valence-corrected chi connectivity index (χ1v) is 9.29. The van der Waals surface area contributed by atoms with E-state index in [0.29, 0.717) is 0 Å². The minimum atomic E-state index is -0.797. The molecule has 0 aliphatic heterocycles. The first-order valence-electron chi connectivity index (χ1n) is 9.29. The Balaban J connectivity index is 3.36. The summed E-state index contributed by atoms with van der Waals surface area (Å²) in [6, 6.07) is 4.20. The van der Waals surface area contributed by atoms with Crippen LogP contribution in [0.15, 0.2) is 41.7 Å². The predicted molar refractivity (Wildman–Crippen MR) is 110 cm³/mol. The summed E-state index contributed by atoms with van der Waals surface area (Å²) in [5.41, 5.74) is -0.716. The lowest BCUT2D eigenvalue weighted by Crippen LogP contribution is -2.22. The van der Waals surface area contributed by atoms with Crippen molar-refractivity contribution < 1.29 is 28.7 Å². The van der Waals surface area contributed by atoms with Crippen LogP contribution in [0.4, 0.5) is 0 Å². The molecule has 0 radical (unpaired) electrons. The summed E-state index contributed by atoms with van der Waals surface area (Å²) in [6.07, 6.45) is 2.65. The van der Waals surface area contributed by atoms with Gasteiger partial charge in [0.1, 0.15) is 22.5 Å². The van der Waals surface area contributed by atoms with Gasteiger partial charge >= 0.3 is 11.9 Å². The van der Waals surface area contributed by atoms with Crippen LogP contribution in [0, 0.1) is 0 Å². The lowest BCUT2D eigenvalue weighted by atomic mass is 10.1. The first-order chi connectivity index (χ1) is 14.1. The van der Waals surface area contributed by atoms with Crippen LogP contribution in [0.1, 0.15) is 34.8 Å². The van der Waals surface area contributed by atoms with Crippen LogP contribution in [0.3, 0.4) is 0 Å². The van der Waals surface area contributed by atoms with Crippen LogP contribution in [-0.4, -0.2) is 79.7 Å². The molecule has 0 saturated carbocycles. The zero-order valence-corrected chi connectivity index (χ0v) is 18.1. The smallest absolute Gasteiger partial charge is 0.343 e. The Kier molecular flexibility index (Phi) is 9.41. The molecule has 9 nitrogen and oxygen atoms in total. The second kappa shape index (κ2) is 11.5. The van der Waals surface area contributed by atoms with E-state index < -0.39 is 23.5 Å². The molecule has 0 aromatic carbocycles. The molecule has 0 amide bonds. The van der Waals surface area contributed by atoms with Gasteiger partial charge in [0.05, 0.1) is 13.2 Å². The summed E-state index contributed by atoms with van der Waals surface area (Å²) in [5, 5.41) is 0. The third-order valence-corrected chi connectivity index (χ3v) is 3.47. The van der Waals surface area contributed by atoms with Crippen LogP contribution in [0.5, 0.6) is 0 Å². The maximum atomic E-state index is 12.9. The van der Waals surface area contributed by atoms with E-state index in [4.69, 9.17) is 9.47 Å². The Morgan fingerprint density at radius 3 is 1.47 bits per heavy atom. The highest BCUT2D eigenvalue weighted by Crippen LogP contribution is 2.14. The minimum absolute atomic E-state index is 0.0983. The van der Waals surface area contributed by atoms with Crippen LogP contribution < -0.4 is 0 Å². The summed E-state index contributed by atoms with van der Waals surface area (Å²) < 4.78 is 9.88. The van der Waals surface area contributed by atoms with E-state index in [1.54, 1.807) is 42.0 Å². The number of esters is 2. The van der Waals surface area contributed by atoms with Crippen molar-refractivity contribution in [1.29, 1.82) is 0 Å². The summed E-state index contributed by atoms with van der Waals surface area (Å²) >= 11 is 0. The van der Waals surface area contributed by atoms with Crippen LogP contribution in [0.2, 0.25) is 0 Å². The van der Waals surface area contributed by atoms with E-state index in [1.807, 2.05) is 0 Å². The number of nitrogens with zero attached hydrogens (tertiary/aromatic N) is 3. The van der Waals surface area contributed by atoms with Gasteiger partial charge in [0.25, 0.3) is 0 Å². The normalized spacial score (nSPS) is 11.5. The molecule has 0 spiro atoms. The highest BCUT2D eigenvalue weighted by molar-refractivity contribution is 6.25. The highest BCUT2D eigenvalue weighted by Gasteiger charge is 2.26. The molecule has 1 aromatic rings. The molecule has 0 fully saturated rings. The van der Waals surface area contributed by atoms with E-state index in [0.717, 1.165) is 0 Å². The molecule has 30 heavy (non-hydrogen) atoms. The van der Waals surface area contributed by atoms with E-state index in [-0.39, 0.29) is 35.7 Å². The molecule has 0 bridgehead atoms. The van der Waals surface area contributed by atoms with E-state index in [9.17, 15) is 19.2 Å². The van der Waals surface area contributed by atoms with Gasteiger partial charge in [-0.25, -0.2) is 14.6 Å². The second-order valence-corrected chi connectivity index (χ2v) is 6.52. The number of hydrogen-bond acceptors (Lipinski definition) is 9. The maximum absolute atomic E-state index is 12.9. The molecular formula is C21H27N3O6. The average molecular weight is 417 g/mol. The summed E-state index contributed by atoms with van der Waals surface area (Å²) in [4.78, 5) is 57.3. The lowest BCUT2D eigenvalue weighted by Gasteiger charge is -2.12. The fourth-order valence-electron chi connectivity index (χ4n) is 2.31. The molecule has 0 saturated heterocycles. The lowest BCUT2D eigenvalue weighted by molar-refractivity contribution is -0.139. The maximum Gasteiger partial charge on any atom is 0.343 e. The molecule has 1 aromatic heterocycles. The number of aromatic nitrogens is 1. The Hall–Kier alpha value is -3.49. The highest BCUT2D eigenvalue weighted by atomic mass is 16.5. The van der Waals surface area contributed by atoms with Gasteiger partial charge in [0.15, 0.2) is 0 Å². The van der Waals surface area contributed by atoms with Gasteiger partial charge in [0.2, 0.25) is 11.6 Å². The van der Waals surface area contributed by atoms with Crippen LogP contribution in [-0.2, 0) is 19.1 Å². The zero-order valence-electron chi connectivity index (χ0n) is 18.1. The number of Topliss-reactive ketones (excluding diaryl/α,β-unsaturated/α-hetero) is 2. The van der Waals surface area contributed by atoms with Gasteiger partial charge in [-0.3, -0.25) is 9.59 Å². The quantitative estimate of drug-likeness (QED) is 0.184. The molecule has 0 unspecified atom stereocenters. The summed E-state index contributed by atoms with van der Waals surface area (Å²) in [6.45, 7) is 3.45. The van der Waals surface area contributed by atoms with Crippen molar-refractivity contribution in [2.24, 2.45) is 0 Å². The van der Waals surface area contributed by atoms with Gasteiger partial charge < -0.3 is 19.3 Å². The van der Waals surface area contributed by atoms with Crippen molar-refractivity contribution in [1.82, 2.24) is 14.8 Å². The van der Waals surface area contributed by atoms with E-state index in [2.05, 4.69) is 4.98 Å². The SMILES string of the molecule is CCOC(=O)/C(=C\N(C)C)C(=O)c1cccc(C(=O)/C(=C/N(C)C)C(=O)OCC)n1. The Morgan fingerprint density at radius 1 is 0.800 bits per heavy atom. The number of carbonyl (C=O) groups is 4. The van der Waals surface area contributed by atoms with Crippen molar-refractivity contribution in [2.75, 3.05) is 41.4 Å². The first kappa shape index (κ1) is 24.5. The van der Waals surface area contributed by atoms with E-state index in [1.165, 1.54) is 40.4 Å². The predicted octanol–water partition coefficient (Wildman–Crippen LogP) is 1.46. The molecule has 9 heteroatoms. The van der Waals surface area contributed by atoms with Gasteiger partial charge in [-0.1, -0.05) is 6.07 Å². The molecule has 0 aliphatic carbocycles. The molecule has 1 heterocycles. The largest absolute Gasteiger partial charge is 0.462 e. The Labute approximate surface area is 176 Å². The molecule has 0 atom stereocenters. The third kappa shape index (κ3) is 6.84. The Bertz CT molecular complexity index is 804. The number of hydrogen-bond donors (Lipinski definition) is 0. The van der Waals surface area contributed by atoms with Crippen molar-refractivity contribution in [3.63, 3.8) is 0 Å². The Morgan fingerprint density at radius 2 is 1.17 bits per heavy atom. The van der Waals surface area contributed by atoms with E-state index >= 15 is 0 Å². The molecular weight excluding hydrogens is 390 g/mol. The van der Waals surface area contributed by atoms with Crippen molar-refractivity contribution in [2.45, 2.75) is 13.8 Å². The number of ether oxygens (including phenoxy) is 2. The molecule has 1 rings (SSSR count). The third-order valence-electron chi connectivity index (χ3n) is 3.47. The summed E-state index contributed by atoms with van der Waals surface area (Å²) in [5.74, 6) is -3.00. The second-order valence-electron chi connectivity index (χ2n) is 6.52. The van der Waals surface area contributed by atoms with Crippen molar-refractivity contribution in [3.8, 4) is 0 Å². The topological polar surface area (TPSA) is 106 Å². The van der Waals surface area contributed by atoms with Gasteiger partial charge in [-0.15, -0.1) is 0 Å². The monoisotopic (exact) mass is 417 g/mol. The molecule has 162 valence electrons. The number of carbonyl (C=O) groups excluding carboxylic acids is 4. The standard InChI is InChI=1S/C21H27N3O6/c1-7-29-20(27)14(12-23(3)4)18(25)16-10-9-11-17(22-16)19(26)15(13-24(5)6)21(28)30-8-2/h9-13H,7-8H2,1-6H3/b14-12-,15-13-. The number of pyridine rings is 1. The van der Waals surface area contributed by atoms with Gasteiger partial charge in [0, 0.05) is 40.6 Å². The van der Waals surface area contributed by atoms with Crippen LogP contribution in [0.25, 0.3) is 0 Å². The number of rotatable bonds is 10. The zero-order chi connectivity index (χ0) is 22.8. The fourth-order valence-corrected chi connectivity index (χ4v) is 2.31. The van der Waals surface area contributed by atoms with Crippen molar-refractivity contribution in [3.05, 3.63) is 53.1 Å². The van der Waals surface area contributed by atoms with Gasteiger partial charge in [-0.05, 0) is 26.0 Å². The minimum Gasteiger partial charge on any atom is -0.462 e. The fraction of sp³-hybridized carbons (Fsp3) is 0.381. The summed E-state index contributed by atoms with van der Waals surface area (Å²) in [7, 11) is 6.60. The molecule has 0 N–H and O–H groups in total. The van der Waals surface area contributed by atoms with Crippen molar-refractivity contribution >= 4 is 23.5 Å². The molecule has 0 aliphatic rings. The average Bonchev–Trinajstić information content (AvgIpc) is 2.69. The number of ketones is 2.